The molecule has 0 amide bonds. The zero-order chi connectivity index (χ0) is 19.4. The molecule has 6 heteroatoms. The largest absolute Gasteiger partial charge is 0.425 e. The average molecular weight is 382 g/mol. The Hall–Kier alpha value is -2.60. The molecule has 0 bridgehead atoms. The third-order valence-corrected chi connectivity index (χ3v) is 5.08. The summed E-state index contributed by atoms with van der Waals surface area (Å²) in [7, 11) is 0. The summed E-state index contributed by atoms with van der Waals surface area (Å²) in [5.41, 5.74) is 1.55. The number of unbranched alkanes of at least 4 members (excludes halogenated alkanes) is 1. The molecule has 0 saturated heterocycles. The monoisotopic (exact) mass is 382 g/mol. The summed E-state index contributed by atoms with van der Waals surface area (Å²) < 4.78 is 7.08. The van der Waals surface area contributed by atoms with Crippen LogP contribution in [0, 0.1) is 0 Å². The minimum atomic E-state index is -0.445. The van der Waals surface area contributed by atoms with Crippen molar-refractivity contribution in [3.63, 3.8) is 0 Å². The Morgan fingerprint density at radius 2 is 1.96 bits per heavy atom. The quantitative estimate of drug-likeness (QED) is 0.468. The maximum absolute atomic E-state index is 13.4. The summed E-state index contributed by atoms with van der Waals surface area (Å²) in [4.78, 5) is 30.6. The van der Waals surface area contributed by atoms with Gasteiger partial charge in [0.05, 0.1) is 16.6 Å². The molecular formula is C21H22N2O3S. The lowest BCUT2D eigenvalue weighted by atomic mass is 10.1. The topological polar surface area (TPSA) is 61.2 Å². The Morgan fingerprint density at radius 3 is 2.59 bits per heavy atom. The number of carbonyl (C=O) groups excluding carboxylic acids is 1. The summed E-state index contributed by atoms with van der Waals surface area (Å²) in [6, 6.07) is 11.4. The highest BCUT2D eigenvalue weighted by Gasteiger charge is 2.20. The summed E-state index contributed by atoms with van der Waals surface area (Å²) in [5, 5.41) is 0.660. The maximum Gasteiger partial charge on any atom is 0.308 e. The third-order valence-electron chi connectivity index (χ3n) is 4.34. The van der Waals surface area contributed by atoms with Gasteiger partial charge < -0.3 is 4.74 Å². The molecule has 140 valence electrons. The fourth-order valence-corrected chi connectivity index (χ4v) is 3.46. The number of aromatic nitrogens is 2. The van der Waals surface area contributed by atoms with E-state index in [2.05, 4.69) is 11.9 Å². The van der Waals surface area contributed by atoms with Gasteiger partial charge >= 0.3 is 5.97 Å². The number of fused-ring (bicyclic) bond motifs is 1. The van der Waals surface area contributed by atoms with Crippen molar-refractivity contribution in [1.82, 2.24) is 9.55 Å². The first kappa shape index (κ1) is 19.2. The van der Waals surface area contributed by atoms with E-state index in [9.17, 15) is 9.59 Å². The van der Waals surface area contributed by atoms with E-state index in [1.165, 1.54) is 6.92 Å². The van der Waals surface area contributed by atoms with Gasteiger partial charge in [0.25, 0.3) is 5.56 Å². The summed E-state index contributed by atoms with van der Waals surface area (Å²) in [5.74, 6) is -0.111. The molecule has 0 aliphatic carbocycles. The van der Waals surface area contributed by atoms with Gasteiger partial charge in [-0.05, 0) is 55.5 Å². The fourth-order valence-electron chi connectivity index (χ4n) is 3.05. The molecule has 2 heterocycles. The van der Waals surface area contributed by atoms with Crippen LogP contribution >= 0.6 is 11.8 Å². The van der Waals surface area contributed by atoms with Crippen LogP contribution in [0.1, 0.15) is 32.3 Å². The molecule has 0 fully saturated rings. The number of carbonyl (C=O) groups is 1. The molecule has 0 saturated carbocycles. The first-order chi connectivity index (χ1) is 13.1. The van der Waals surface area contributed by atoms with E-state index in [4.69, 9.17) is 4.74 Å². The fraction of sp³-hybridized carbons (Fsp3) is 0.286. The molecule has 0 aliphatic rings. The predicted molar refractivity (Wildman–Crippen MR) is 109 cm³/mol. The van der Waals surface area contributed by atoms with Crippen molar-refractivity contribution in [3.05, 3.63) is 58.5 Å². The molecule has 5 nitrogen and oxygen atoms in total. The molecule has 0 N–H and O–H groups in total. The SMILES string of the molecule is CCCCc1c(OC(C)=O)c2cccnc2n(-c2ccc(SC)cc2)c1=O. The Kier molecular flexibility index (Phi) is 5.96. The first-order valence-corrected chi connectivity index (χ1v) is 10.1. The van der Waals surface area contributed by atoms with Gasteiger partial charge in [-0.3, -0.25) is 14.2 Å². The van der Waals surface area contributed by atoms with Gasteiger partial charge in [-0.2, -0.15) is 0 Å². The van der Waals surface area contributed by atoms with Crippen molar-refractivity contribution in [2.45, 2.75) is 38.0 Å². The summed E-state index contributed by atoms with van der Waals surface area (Å²) >= 11 is 1.64. The highest BCUT2D eigenvalue weighted by molar-refractivity contribution is 7.98. The van der Waals surface area contributed by atoms with Gasteiger partial charge in [0.1, 0.15) is 0 Å². The molecule has 0 radical (unpaired) electrons. The second kappa shape index (κ2) is 8.39. The van der Waals surface area contributed by atoms with Crippen LogP contribution < -0.4 is 10.3 Å². The lowest BCUT2D eigenvalue weighted by Gasteiger charge is -2.16. The number of hydrogen-bond donors (Lipinski definition) is 0. The highest BCUT2D eigenvalue weighted by atomic mass is 32.2. The molecule has 2 aromatic heterocycles. The Bertz CT molecular complexity index is 1030. The van der Waals surface area contributed by atoms with E-state index in [0.717, 1.165) is 23.4 Å². The van der Waals surface area contributed by atoms with Gasteiger partial charge in [-0.15, -0.1) is 11.8 Å². The van der Waals surface area contributed by atoms with E-state index in [1.54, 1.807) is 28.6 Å². The van der Waals surface area contributed by atoms with Crippen LogP contribution in [-0.2, 0) is 11.2 Å². The molecule has 3 aromatic rings. The van der Waals surface area contributed by atoms with Gasteiger partial charge in [0.2, 0.25) is 0 Å². The second-order valence-electron chi connectivity index (χ2n) is 6.22. The van der Waals surface area contributed by atoms with Gasteiger partial charge in [-0.1, -0.05) is 13.3 Å². The maximum atomic E-state index is 13.4. The summed E-state index contributed by atoms with van der Waals surface area (Å²) in [6.45, 7) is 3.41. The van der Waals surface area contributed by atoms with E-state index in [0.29, 0.717) is 28.8 Å². The summed E-state index contributed by atoms with van der Waals surface area (Å²) in [6.07, 6.45) is 5.96. The van der Waals surface area contributed by atoms with Crippen molar-refractivity contribution in [2.24, 2.45) is 0 Å². The third kappa shape index (κ3) is 3.90. The van der Waals surface area contributed by atoms with E-state index in [-0.39, 0.29) is 5.56 Å². The van der Waals surface area contributed by atoms with Gasteiger partial charge in [-0.25, -0.2) is 4.98 Å². The number of esters is 1. The van der Waals surface area contributed by atoms with Gasteiger partial charge in [0.15, 0.2) is 11.4 Å². The zero-order valence-electron chi connectivity index (χ0n) is 15.7. The number of thioether (sulfide) groups is 1. The average Bonchev–Trinajstić information content (AvgIpc) is 2.68. The van der Waals surface area contributed by atoms with Crippen molar-refractivity contribution in [3.8, 4) is 11.4 Å². The Labute approximate surface area is 162 Å². The van der Waals surface area contributed by atoms with E-state index >= 15 is 0 Å². The Balaban J connectivity index is 2.34. The normalized spacial score (nSPS) is 10.9. The Morgan fingerprint density at radius 1 is 1.22 bits per heavy atom. The molecule has 3 rings (SSSR count). The number of nitrogens with zero attached hydrogens (tertiary/aromatic N) is 2. The lowest BCUT2D eigenvalue weighted by Crippen LogP contribution is -2.25. The molecule has 0 unspecified atom stereocenters. The lowest BCUT2D eigenvalue weighted by molar-refractivity contribution is -0.131. The molecule has 0 atom stereocenters. The predicted octanol–water partition coefficient (Wildman–Crippen LogP) is 4.38. The van der Waals surface area contributed by atoms with Crippen molar-refractivity contribution < 1.29 is 9.53 Å². The van der Waals surface area contributed by atoms with Crippen LogP contribution in [0.4, 0.5) is 0 Å². The zero-order valence-corrected chi connectivity index (χ0v) is 16.5. The standard InChI is InChI=1S/C21H22N2O3S/c1-4-5-7-18-19(26-14(2)24)17-8-6-13-22-20(17)23(21(18)25)15-9-11-16(27-3)12-10-15/h6,8-13H,4-5,7H2,1-3H3. The number of rotatable bonds is 6. The second-order valence-corrected chi connectivity index (χ2v) is 7.10. The van der Waals surface area contributed by atoms with Crippen LogP contribution in [-0.4, -0.2) is 21.8 Å². The number of hydrogen-bond acceptors (Lipinski definition) is 5. The number of benzene rings is 1. The van der Waals surface area contributed by atoms with Crippen LogP contribution in [0.5, 0.6) is 5.75 Å². The van der Waals surface area contributed by atoms with Crippen molar-refractivity contribution in [1.29, 1.82) is 0 Å². The van der Waals surface area contributed by atoms with E-state index < -0.39 is 5.97 Å². The van der Waals surface area contributed by atoms with E-state index in [1.807, 2.05) is 36.6 Å². The van der Waals surface area contributed by atoms with Crippen LogP contribution in [0.3, 0.4) is 0 Å². The number of pyridine rings is 2. The van der Waals surface area contributed by atoms with Crippen LogP contribution in [0.25, 0.3) is 16.7 Å². The molecule has 0 aliphatic heterocycles. The minimum absolute atomic E-state index is 0.192. The van der Waals surface area contributed by atoms with Crippen LogP contribution in [0.15, 0.2) is 52.3 Å². The molecule has 27 heavy (non-hydrogen) atoms. The molecular weight excluding hydrogens is 360 g/mol. The highest BCUT2D eigenvalue weighted by Crippen LogP contribution is 2.29. The van der Waals surface area contributed by atoms with Crippen molar-refractivity contribution in [2.75, 3.05) is 6.26 Å². The molecule has 1 aromatic carbocycles. The van der Waals surface area contributed by atoms with Gasteiger partial charge in [0, 0.05) is 18.0 Å². The molecule has 0 spiro atoms. The number of ether oxygens (including phenoxy) is 1. The smallest absolute Gasteiger partial charge is 0.308 e. The minimum Gasteiger partial charge on any atom is -0.425 e. The first-order valence-electron chi connectivity index (χ1n) is 8.92. The van der Waals surface area contributed by atoms with Crippen molar-refractivity contribution >= 4 is 28.8 Å². The van der Waals surface area contributed by atoms with Crippen LogP contribution in [0.2, 0.25) is 0 Å².